The third kappa shape index (κ3) is 3.81. The molecule has 2 aromatic carbocycles. The Morgan fingerprint density at radius 1 is 1.12 bits per heavy atom. The normalized spacial score (nSPS) is 16.1. The Hall–Kier alpha value is -2.02. The number of rotatable bonds is 3. The molecule has 0 aliphatic carbocycles. The lowest BCUT2D eigenvalue weighted by molar-refractivity contribution is -0.123. The van der Waals surface area contributed by atoms with Crippen LogP contribution >= 0.6 is 35.0 Å². The summed E-state index contributed by atoms with van der Waals surface area (Å²) >= 11 is 12.5. The Labute approximate surface area is 156 Å². The van der Waals surface area contributed by atoms with E-state index in [1.807, 2.05) is 0 Å². The molecular weight excluding hydrogens is 388 g/mol. The summed E-state index contributed by atoms with van der Waals surface area (Å²) in [6.45, 7) is 0.0549. The zero-order valence-electron chi connectivity index (χ0n) is 12.5. The molecule has 0 aromatic heterocycles. The summed E-state index contributed by atoms with van der Waals surface area (Å²) in [5.74, 6) is -1.09. The van der Waals surface area contributed by atoms with Crippen LogP contribution in [0.4, 0.5) is 9.18 Å². The van der Waals surface area contributed by atoms with E-state index in [0.29, 0.717) is 11.1 Å². The van der Waals surface area contributed by atoms with Gasteiger partial charge in [0, 0.05) is 0 Å². The van der Waals surface area contributed by atoms with Gasteiger partial charge in [-0.15, -0.1) is 0 Å². The van der Waals surface area contributed by atoms with Crippen molar-refractivity contribution in [1.82, 2.24) is 4.90 Å². The SMILES string of the molecule is O=C1S/C(=C\c2cc(Cl)c(O)c(Cl)c2)C(=O)N1Cc1ccc(F)cc1. The fraction of sp³-hybridized carbons (Fsp3) is 0.0588. The Balaban J connectivity index is 1.84. The van der Waals surface area contributed by atoms with E-state index in [2.05, 4.69) is 0 Å². The van der Waals surface area contributed by atoms with E-state index in [1.54, 1.807) is 0 Å². The number of hydrogen-bond acceptors (Lipinski definition) is 4. The molecule has 1 aliphatic rings. The molecule has 1 saturated heterocycles. The number of nitrogens with zero attached hydrogens (tertiary/aromatic N) is 1. The summed E-state index contributed by atoms with van der Waals surface area (Å²) < 4.78 is 13.0. The van der Waals surface area contributed by atoms with Crippen molar-refractivity contribution in [3.05, 3.63) is 68.3 Å². The minimum absolute atomic E-state index is 0.0456. The zero-order valence-corrected chi connectivity index (χ0v) is 14.8. The fourth-order valence-electron chi connectivity index (χ4n) is 2.23. The average Bonchev–Trinajstić information content (AvgIpc) is 2.82. The largest absolute Gasteiger partial charge is 0.505 e. The van der Waals surface area contributed by atoms with Crippen LogP contribution in [0.5, 0.6) is 5.75 Å². The Bertz CT molecular complexity index is 876. The number of aromatic hydroxyl groups is 1. The monoisotopic (exact) mass is 397 g/mol. The second-order valence-electron chi connectivity index (χ2n) is 5.23. The molecule has 1 aliphatic heterocycles. The molecule has 8 heteroatoms. The van der Waals surface area contributed by atoms with Crippen LogP contribution in [0, 0.1) is 5.82 Å². The van der Waals surface area contributed by atoms with Crippen molar-refractivity contribution in [3.63, 3.8) is 0 Å². The number of phenolic OH excluding ortho intramolecular Hbond substituents is 1. The van der Waals surface area contributed by atoms with E-state index in [-0.39, 0.29) is 33.1 Å². The van der Waals surface area contributed by atoms with E-state index in [1.165, 1.54) is 42.5 Å². The van der Waals surface area contributed by atoms with Gasteiger partial charge in [-0.25, -0.2) is 4.39 Å². The highest BCUT2D eigenvalue weighted by molar-refractivity contribution is 8.18. The minimum atomic E-state index is -0.459. The summed E-state index contributed by atoms with van der Waals surface area (Å²) in [5.41, 5.74) is 1.13. The highest BCUT2D eigenvalue weighted by Crippen LogP contribution is 2.37. The molecule has 1 fully saturated rings. The summed E-state index contributed by atoms with van der Waals surface area (Å²) in [6.07, 6.45) is 1.48. The zero-order chi connectivity index (χ0) is 18.1. The third-order valence-electron chi connectivity index (χ3n) is 3.46. The van der Waals surface area contributed by atoms with Crippen molar-refractivity contribution in [1.29, 1.82) is 0 Å². The topological polar surface area (TPSA) is 57.6 Å². The maximum Gasteiger partial charge on any atom is 0.293 e. The molecule has 0 atom stereocenters. The highest BCUT2D eigenvalue weighted by atomic mass is 35.5. The quantitative estimate of drug-likeness (QED) is 0.734. The summed E-state index contributed by atoms with van der Waals surface area (Å²) in [7, 11) is 0. The molecule has 128 valence electrons. The van der Waals surface area contributed by atoms with E-state index in [4.69, 9.17) is 23.2 Å². The lowest BCUT2D eigenvalue weighted by Crippen LogP contribution is -2.27. The van der Waals surface area contributed by atoms with Gasteiger partial charge >= 0.3 is 0 Å². The van der Waals surface area contributed by atoms with Crippen molar-refractivity contribution >= 4 is 52.2 Å². The van der Waals surface area contributed by atoms with Gasteiger partial charge in [0.1, 0.15) is 5.82 Å². The molecule has 0 saturated carbocycles. The van der Waals surface area contributed by atoms with Crippen LogP contribution in [0.1, 0.15) is 11.1 Å². The first-order chi connectivity index (χ1) is 11.8. The first-order valence-corrected chi connectivity index (χ1v) is 8.60. The van der Waals surface area contributed by atoms with Crippen molar-refractivity contribution in [3.8, 4) is 5.75 Å². The lowest BCUT2D eigenvalue weighted by atomic mass is 10.2. The van der Waals surface area contributed by atoms with E-state index < -0.39 is 11.1 Å². The molecule has 1 heterocycles. The van der Waals surface area contributed by atoms with Crippen molar-refractivity contribution < 1.29 is 19.1 Å². The minimum Gasteiger partial charge on any atom is -0.505 e. The molecule has 25 heavy (non-hydrogen) atoms. The fourth-order valence-corrected chi connectivity index (χ4v) is 3.57. The Morgan fingerprint density at radius 2 is 1.72 bits per heavy atom. The van der Waals surface area contributed by atoms with Gasteiger partial charge in [-0.2, -0.15) is 0 Å². The molecule has 0 radical (unpaired) electrons. The predicted octanol–water partition coefficient (Wildman–Crippen LogP) is 5.07. The average molecular weight is 398 g/mol. The van der Waals surface area contributed by atoms with Crippen molar-refractivity contribution in [2.45, 2.75) is 6.54 Å². The van der Waals surface area contributed by atoms with E-state index in [0.717, 1.165) is 16.7 Å². The Morgan fingerprint density at radius 3 is 2.32 bits per heavy atom. The molecule has 0 bridgehead atoms. The number of halogens is 3. The smallest absolute Gasteiger partial charge is 0.293 e. The molecule has 3 rings (SSSR count). The van der Waals surface area contributed by atoms with Crippen molar-refractivity contribution in [2.24, 2.45) is 0 Å². The molecular formula is C17H10Cl2FNO3S. The number of imide groups is 1. The van der Waals surface area contributed by atoms with E-state index >= 15 is 0 Å². The number of carbonyl (C=O) groups is 2. The van der Waals surface area contributed by atoms with Crippen LogP contribution in [0.2, 0.25) is 10.0 Å². The van der Waals surface area contributed by atoms with Gasteiger partial charge in [0.2, 0.25) is 0 Å². The van der Waals surface area contributed by atoms with Crippen LogP contribution in [-0.4, -0.2) is 21.2 Å². The lowest BCUT2D eigenvalue weighted by Gasteiger charge is -2.12. The van der Waals surface area contributed by atoms with Gasteiger partial charge in [-0.1, -0.05) is 35.3 Å². The number of carbonyl (C=O) groups excluding carboxylic acids is 2. The Kier molecular flexibility index (Phi) is 5.03. The summed E-state index contributed by atoms with van der Waals surface area (Å²) in [6, 6.07) is 8.45. The van der Waals surface area contributed by atoms with Crippen LogP contribution in [-0.2, 0) is 11.3 Å². The van der Waals surface area contributed by atoms with Crippen LogP contribution < -0.4 is 0 Å². The molecule has 2 amide bonds. The summed E-state index contributed by atoms with van der Waals surface area (Å²) in [5, 5.41) is 9.24. The van der Waals surface area contributed by atoms with Crippen LogP contribution in [0.25, 0.3) is 6.08 Å². The second-order valence-corrected chi connectivity index (χ2v) is 7.04. The number of thioether (sulfide) groups is 1. The predicted molar refractivity (Wildman–Crippen MR) is 96.0 cm³/mol. The highest BCUT2D eigenvalue weighted by Gasteiger charge is 2.35. The first-order valence-electron chi connectivity index (χ1n) is 7.03. The van der Waals surface area contributed by atoms with Gasteiger partial charge in [0.15, 0.2) is 5.75 Å². The number of hydrogen-bond donors (Lipinski definition) is 1. The third-order valence-corrected chi connectivity index (χ3v) is 4.95. The van der Waals surface area contributed by atoms with Gasteiger partial charge in [-0.05, 0) is 53.2 Å². The number of benzene rings is 2. The molecule has 1 N–H and O–H groups in total. The second kappa shape index (κ2) is 7.07. The molecule has 0 spiro atoms. The standard InChI is InChI=1S/C17H10Cl2FNO3S/c18-12-5-10(6-13(19)15(12)22)7-14-16(23)21(17(24)25-14)8-9-1-3-11(20)4-2-9/h1-7,22H,8H2/b14-7-. The van der Waals surface area contributed by atoms with Gasteiger partial charge in [-0.3, -0.25) is 14.5 Å². The number of phenols is 1. The summed E-state index contributed by atoms with van der Waals surface area (Å²) in [4.78, 5) is 25.9. The maximum atomic E-state index is 13.0. The maximum absolute atomic E-state index is 13.0. The van der Waals surface area contributed by atoms with Gasteiger partial charge in [0.25, 0.3) is 11.1 Å². The van der Waals surface area contributed by atoms with Crippen LogP contribution in [0.15, 0.2) is 41.3 Å². The van der Waals surface area contributed by atoms with E-state index in [9.17, 15) is 19.1 Å². The molecule has 0 unspecified atom stereocenters. The molecule has 4 nitrogen and oxygen atoms in total. The van der Waals surface area contributed by atoms with Crippen molar-refractivity contribution in [2.75, 3.05) is 0 Å². The molecule has 2 aromatic rings. The van der Waals surface area contributed by atoms with Crippen LogP contribution in [0.3, 0.4) is 0 Å². The first kappa shape index (κ1) is 17.8. The van der Waals surface area contributed by atoms with Gasteiger partial charge in [0.05, 0.1) is 21.5 Å². The number of amides is 2. The van der Waals surface area contributed by atoms with Gasteiger partial charge < -0.3 is 5.11 Å².